The van der Waals surface area contributed by atoms with Gasteiger partial charge in [-0.15, -0.1) is 12.3 Å². The van der Waals surface area contributed by atoms with Crippen molar-refractivity contribution in [2.45, 2.75) is 12.0 Å². The van der Waals surface area contributed by atoms with Crippen LogP contribution in [0.25, 0.3) is 0 Å². The molecule has 18 heavy (non-hydrogen) atoms. The Hall–Kier alpha value is -2.24. The Morgan fingerprint density at radius 2 is 1.50 bits per heavy atom. The lowest BCUT2D eigenvalue weighted by Gasteiger charge is -2.34. The zero-order valence-corrected chi connectivity index (χ0v) is 9.76. The van der Waals surface area contributed by atoms with Gasteiger partial charge in [0.1, 0.15) is 17.1 Å². The molecule has 0 amide bonds. The van der Waals surface area contributed by atoms with E-state index in [1.165, 1.54) is 0 Å². The van der Waals surface area contributed by atoms with Crippen LogP contribution in [0.3, 0.4) is 0 Å². The molecule has 2 aromatic carbocycles. The van der Waals surface area contributed by atoms with Crippen LogP contribution < -0.4 is 4.74 Å². The van der Waals surface area contributed by atoms with Gasteiger partial charge in [-0.1, -0.05) is 36.4 Å². The monoisotopic (exact) mass is 236 g/mol. The third-order valence-corrected chi connectivity index (χ3v) is 3.24. The number of hydrogen-bond donors (Lipinski definition) is 1. The predicted molar refractivity (Wildman–Crippen MR) is 69.4 cm³/mol. The van der Waals surface area contributed by atoms with Crippen molar-refractivity contribution in [2.75, 3.05) is 0 Å². The fourth-order valence-corrected chi connectivity index (χ4v) is 2.40. The lowest BCUT2D eigenvalue weighted by Crippen LogP contribution is -2.30. The van der Waals surface area contributed by atoms with Crippen molar-refractivity contribution in [3.8, 4) is 23.8 Å². The average molecular weight is 236 g/mol. The minimum absolute atomic E-state index is 0.227. The third kappa shape index (κ3) is 1.42. The molecule has 0 bridgehead atoms. The zero-order chi connectivity index (χ0) is 12.6. The van der Waals surface area contributed by atoms with Gasteiger partial charge in [-0.05, 0) is 12.1 Å². The van der Waals surface area contributed by atoms with Gasteiger partial charge in [0, 0.05) is 17.5 Å². The van der Waals surface area contributed by atoms with E-state index in [0.717, 1.165) is 11.1 Å². The van der Waals surface area contributed by atoms with Crippen molar-refractivity contribution < 1.29 is 9.84 Å². The molecular weight excluding hydrogens is 224 g/mol. The van der Waals surface area contributed by atoms with Crippen LogP contribution in [0.5, 0.6) is 11.5 Å². The summed E-state index contributed by atoms with van der Waals surface area (Å²) in [7, 11) is 0. The molecule has 2 nitrogen and oxygen atoms in total. The molecule has 0 saturated carbocycles. The highest BCUT2D eigenvalue weighted by Gasteiger charge is 2.39. The van der Waals surface area contributed by atoms with Gasteiger partial charge in [-0.3, -0.25) is 0 Å². The molecule has 0 spiro atoms. The van der Waals surface area contributed by atoms with E-state index in [2.05, 4.69) is 5.92 Å². The number of fused-ring (bicyclic) bond motifs is 2. The van der Waals surface area contributed by atoms with Gasteiger partial charge < -0.3 is 9.84 Å². The molecule has 1 N–H and O–H groups in total. The number of rotatable bonds is 1. The first-order chi connectivity index (χ1) is 8.75. The summed E-state index contributed by atoms with van der Waals surface area (Å²) in [4.78, 5) is 0. The summed E-state index contributed by atoms with van der Waals surface area (Å²) in [5, 5.41) is 11.0. The van der Waals surface area contributed by atoms with Crippen molar-refractivity contribution in [3.63, 3.8) is 0 Å². The second-order valence-corrected chi connectivity index (χ2v) is 4.34. The van der Waals surface area contributed by atoms with Crippen LogP contribution in [0, 0.1) is 12.3 Å². The minimum Gasteiger partial charge on any atom is -0.457 e. The van der Waals surface area contributed by atoms with Gasteiger partial charge in [-0.2, -0.15) is 0 Å². The summed E-state index contributed by atoms with van der Waals surface area (Å²) in [6.45, 7) is 0. The molecule has 2 heteroatoms. The van der Waals surface area contributed by atoms with Crippen molar-refractivity contribution in [3.05, 3.63) is 59.7 Å². The molecule has 2 aromatic rings. The molecule has 0 saturated heterocycles. The van der Waals surface area contributed by atoms with Crippen LogP contribution in [0.2, 0.25) is 0 Å². The van der Waals surface area contributed by atoms with Gasteiger partial charge >= 0.3 is 0 Å². The van der Waals surface area contributed by atoms with E-state index in [0.29, 0.717) is 11.5 Å². The number of aliphatic hydroxyl groups is 1. The van der Waals surface area contributed by atoms with E-state index in [-0.39, 0.29) is 6.42 Å². The van der Waals surface area contributed by atoms with Crippen molar-refractivity contribution in [2.24, 2.45) is 0 Å². The van der Waals surface area contributed by atoms with Gasteiger partial charge in [0.05, 0.1) is 0 Å². The summed E-state index contributed by atoms with van der Waals surface area (Å²) < 4.78 is 5.79. The summed E-state index contributed by atoms with van der Waals surface area (Å²) in [5.41, 5.74) is 0.281. The van der Waals surface area contributed by atoms with E-state index in [1.54, 1.807) is 0 Å². The van der Waals surface area contributed by atoms with E-state index >= 15 is 0 Å². The summed E-state index contributed by atoms with van der Waals surface area (Å²) in [5.74, 6) is 3.88. The molecule has 0 unspecified atom stereocenters. The molecular formula is C16H12O2. The summed E-state index contributed by atoms with van der Waals surface area (Å²) in [6, 6.07) is 14.9. The third-order valence-electron chi connectivity index (χ3n) is 3.24. The normalized spacial score (nSPS) is 14.9. The maximum atomic E-state index is 11.0. The van der Waals surface area contributed by atoms with Gasteiger partial charge in [0.15, 0.2) is 0 Å². The largest absolute Gasteiger partial charge is 0.457 e. The van der Waals surface area contributed by atoms with E-state index < -0.39 is 5.60 Å². The zero-order valence-electron chi connectivity index (χ0n) is 9.76. The fourth-order valence-electron chi connectivity index (χ4n) is 2.40. The Bertz CT molecular complexity index is 592. The highest BCUT2D eigenvalue weighted by molar-refractivity contribution is 5.56. The Labute approximate surface area is 106 Å². The fraction of sp³-hybridized carbons (Fsp3) is 0.125. The number of hydrogen-bond acceptors (Lipinski definition) is 2. The number of ether oxygens (including phenoxy) is 1. The number of terminal acetylenes is 1. The Kier molecular flexibility index (Phi) is 2.36. The Morgan fingerprint density at radius 1 is 1.00 bits per heavy atom. The predicted octanol–water partition coefficient (Wildman–Crippen LogP) is 3.05. The summed E-state index contributed by atoms with van der Waals surface area (Å²) >= 11 is 0. The minimum atomic E-state index is -1.17. The van der Waals surface area contributed by atoms with Crippen LogP contribution in [0.15, 0.2) is 48.5 Å². The van der Waals surface area contributed by atoms with Crippen LogP contribution >= 0.6 is 0 Å². The molecule has 0 aliphatic carbocycles. The lowest BCUT2D eigenvalue weighted by molar-refractivity contribution is 0.0751. The van der Waals surface area contributed by atoms with Crippen LogP contribution in [-0.4, -0.2) is 5.11 Å². The molecule has 0 atom stereocenters. The van der Waals surface area contributed by atoms with E-state index in [4.69, 9.17) is 11.2 Å². The Balaban J connectivity index is 2.28. The smallest absolute Gasteiger partial charge is 0.133 e. The highest BCUT2D eigenvalue weighted by atomic mass is 16.5. The molecule has 0 aromatic heterocycles. The molecule has 3 rings (SSSR count). The first kappa shape index (κ1) is 10.9. The molecule has 1 aliphatic rings. The topological polar surface area (TPSA) is 29.5 Å². The van der Waals surface area contributed by atoms with E-state index in [1.807, 2.05) is 48.5 Å². The van der Waals surface area contributed by atoms with Gasteiger partial charge in [0.2, 0.25) is 0 Å². The molecule has 0 fully saturated rings. The summed E-state index contributed by atoms with van der Waals surface area (Å²) in [6.07, 6.45) is 5.63. The second-order valence-electron chi connectivity index (χ2n) is 4.34. The molecule has 1 heterocycles. The average Bonchev–Trinajstić information content (AvgIpc) is 2.40. The number of benzene rings is 2. The Morgan fingerprint density at radius 3 is 2.00 bits per heavy atom. The quantitative estimate of drug-likeness (QED) is 0.771. The standard InChI is InChI=1S/C16H12O2/c1-2-11-16(17)12-7-3-5-9-14(12)18-15-10-6-4-8-13(15)16/h1,3-10,17H,11H2. The number of para-hydroxylation sites is 2. The SMILES string of the molecule is C#CCC1(O)c2ccccc2Oc2ccccc21. The first-order valence-electron chi connectivity index (χ1n) is 5.78. The molecule has 88 valence electrons. The molecule has 0 radical (unpaired) electrons. The second kappa shape index (κ2) is 3.90. The van der Waals surface area contributed by atoms with Crippen LogP contribution in [0.1, 0.15) is 17.5 Å². The first-order valence-corrected chi connectivity index (χ1v) is 5.78. The van der Waals surface area contributed by atoms with Crippen LogP contribution in [0.4, 0.5) is 0 Å². The van der Waals surface area contributed by atoms with Gasteiger partial charge in [-0.25, -0.2) is 0 Å². The maximum absolute atomic E-state index is 11.0. The van der Waals surface area contributed by atoms with Crippen LogP contribution in [-0.2, 0) is 5.60 Å². The van der Waals surface area contributed by atoms with E-state index in [9.17, 15) is 5.11 Å². The van der Waals surface area contributed by atoms with Crippen molar-refractivity contribution in [1.29, 1.82) is 0 Å². The van der Waals surface area contributed by atoms with Crippen molar-refractivity contribution >= 4 is 0 Å². The highest BCUT2D eigenvalue weighted by Crippen LogP contribution is 2.47. The lowest BCUT2D eigenvalue weighted by atomic mass is 9.81. The van der Waals surface area contributed by atoms with Gasteiger partial charge in [0.25, 0.3) is 0 Å². The maximum Gasteiger partial charge on any atom is 0.133 e. The van der Waals surface area contributed by atoms with Crippen molar-refractivity contribution in [1.82, 2.24) is 0 Å². The molecule has 1 aliphatic heterocycles.